The smallest absolute Gasteiger partial charge is 0.355 e. The molecule has 0 amide bonds. The molecule has 0 spiro atoms. The number of nitrogens with zero attached hydrogens (tertiary/aromatic N) is 2. The first-order chi connectivity index (χ1) is 5.66. The van der Waals surface area contributed by atoms with E-state index in [0.717, 1.165) is 12.3 Å². The average molecular weight is 166 g/mol. The standard InChI is InChI=1S/C7H3FN2O2/c8-5-1-2-10-6(7(11)12)4(5)3-9/h1-2H,(H,11,12). The molecule has 12 heavy (non-hydrogen) atoms. The van der Waals surface area contributed by atoms with Crippen molar-refractivity contribution in [2.45, 2.75) is 0 Å². The van der Waals surface area contributed by atoms with Crippen LogP contribution in [-0.2, 0) is 0 Å². The fraction of sp³-hybridized carbons (Fsp3) is 0. The molecule has 0 aliphatic heterocycles. The normalized spacial score (nSPS) is 9.00. The Kier molecular flexibility index (Phi) is 2.01. The lowest BCUT2D eigenvalue weighted by molar-refractivity contribution is 0.0689. The summed E-state index contributed by atoms with van der Waals surface area (Å²) in [4.78, 5) is 13.7. The van der Waals surface area contributed by atoms with Crippen molar-refractivity contribution < 1.29 is 14.3 Å². The molecule has 4 nitrogen and oxygen atoms in total. The van der Waals surface area contributed by atoms with Gasteiger partial charge in [0.25, 0.3) is 0 Å². The van der Waals surface area contributed by atoms with Crippen molar-refractivity contribution >= 4 is 5.97 Å². The van der Waals surface area contributed by atoms with E-state index >= 15 is 0 Å². The van der Waals surface area contributed by atoms with Gasteiger partial charge in [-0.3, -0.25) is 0 Å². The number of rotatable bonds is 1. The van der Waals surface area contributed by atoms with Gasteiger partial charge in [-0.2, -0.15) is 5.26 Å². The van der Waals surface area contributed by atoms with Gasteiger partial charge in [-0.1, -0.05) is 0 Å². The van der Waals surface area contributed by atoms with Gasteiger partial charge < -0.3 is 5.11 Å². The lowest BCUT2D eigenvalue weighted by atomic mass is 10.2. The summed E-state index contributed by atoms with van der Waals surface area (Å²) in [6.45, 7) is 0. The van der Waals surface area contributed by atoms with E-state index < -0.39 is 23.0 Å². The fourth-order valence-electron chi connectivity index (χ4n) is 0.707. The number of aromatic nitrogens is 1. The van der Waals surface area contributed by atoms with Gasteiger partial charge in [-0.25, -0.2) is 14.2 Å². The Morgan fingerprint density at radius 2 is 2.42 bits per heavy atom. The quantitative estimate of drug-likeness (QED) is 0.669. The van der Waals surface area contributed by atoms with Crippen molar-refractivity contribution in [1.29, 1.82) is 5.26 Å². The van der Waals surface area contributed by atoms with Crippen molar-refractivity contribution in [2.75, 3.05) is 0 Å². The van der Waals surface area contributed by atoms with Gasteiger partial charge in [-0.15, -0.1) is 0 Å². The Labute approximate surface area is 66.9 Å². The third-order valence-corrected chi connectivity index (χ3v) is 1.21. The van der Waals surface area contributed by atoms with Crippen LogP contribution in [-0.4, -0.2) is 16.1 Å². The first kappa shape index (κ1) is 8.14. The summed E-state index contributed by atoms with van der Waals surface area (Å²) >= 11 is 0. The molecular formula is C7H3FN2O2. The topological polar surface area (TPSA) is 74.0 Å². The second-order valence-corrected chi connectivity index (χ2v) is 1.93. The zero-order valence-electron chi connectivity index (χ0n) is 5.78. The number of hydrogen-bond acceptors (Lipinski definition) is 3. The Hall–Kier alpha value is -1.96. The largest absolute Gasteiger partial charge is 0.476 e. The molecule has 0 aromatic carbocycles. The lowest BCUT2D eigenvalue weighted by Crippen LogP contribution is -2.05. The molecule has 1 aromatic rings. The number of nitriles is 1. The van der Waals surface area contributed by atoms with Crippen LogP contribution in [0.5, 0.6) is 0 Å². The summed E-state index contributed by atoms with van der Waals surface area (Å²) in [5.41, 5.74) is -1.09. The summed E-state index contributed by atoms with van der Waals surface area (Å²) in [7, 11) is 0. The molecule has 0 saturated carbocycles. The zero-order valence-corrected chi connectivity index (χ0v) is 5.78. The van der Waals surface area contributed by atoms with Crippen LogP contribution in [0.15, 0.2) is 12.3 Å². The molecule has 1 heterocycles. The van der Waals surface area contributed by atoms with Crippen LogP contribution in [0.1, 0.15) is 16.1 Å². The first-order valence-electron chi connectivity index (χ1n) is 2.94. The van der Waals surface area contributed by atoms with Crippen LogP contribution in [0.25, 0.3) is 0 Å². The molecule has 0 bridgehead atoms. The first-order valence-corrected chi connectivity index (χ1v) is 2.94. The highest BCUT2D eigenvalue weighted by molar-refractivity contribution is 5.88. The average Bonchev–Trinajstić information content (AvgIpc) is 2.03. The Morgan fingerprint density at radius 3 is 2.83 bits per heavy atom. The number of pyridine rings is 1. The SMILES string of the molecule is N#Cc1c(F)ccnc1C(=O)O. The molecule has 0 saturated heterocycles. The number of carboxylic acids is 1. The van der Waals surface area contributed by atoms with Crippen molar-refractivity contribution in [3.63, 3.8) is 0 Å². The molecule has 0 unspecified atom stereocenters. The van der Waals surface area contributed by atoms with Gasteiger partial charge >= 0.3 is 5.97 Å². The highest BCUT2D eigenvalue weighted by atomic mass is 19.1. The van der Waals surface area contributed by atoms with Crippen LogP contribution in [0.4, 0.5) is 4.39 Å². The minimum atomic E-state index is -1.41. The Morgan fingerprint density at radius 1 is 1.75 bits per heavy atom. The van der Waals surface area contributed by atoms with E-state index in [2.05, 4.69) is 4.98 Å². The predicted octanol–water partition coefficient (Wildman–Crippen LogP) is 0.791. The van der Waals surface area contributed by atoms with E-state index in [1.165, 1.54) is 6.07 Å². The highest BCUT2D eigenvalue weighted by Gasteiger charge is 2.14. The summed E-state index contributed by atoms with van der Waals surface area (Å²) in [5.74, 6) is -2.28. The van der Waals surface area contributed by atoms with E-state index in [4.69, 9.17) is 10.4 Å². The highest BCUT2D eigenvalue weighted by Crippen LogP contribution is 2.08. The molecule has 0 aliphatic rings. The minimum absolute atomic E-state index is 0.537. The van der Waals surface area contributed by atoms with Crippen molar-refractivity contribution in [3.8, 4) is 6.07 Å². The maximum Gasteiger partial charge on any atom is 0.355 e. The molecule has 1 rings (SSSR count). The monoisotopic (exact) mass is 166 g/mol. The van der Waals surface area contributed by atoms with Gasteiger partial charge in [0.2, 0.25) is 0 Å². The molecule has 0 fully saturated rings. The van der Waals surface area contributed by atoms with E-state index in [-0.39, 0.29) is 0 Å². The van der Waals surface area contributed by atoms with Gasteiger partial charge in [0.15, 0.2) is 5.69 Å². The Balaban J connectivity index is 3.40. The van der Waals surface area contributed by atoms with Crippen LogP contribution in [0.2, 0.25) is 0 Å². The summed E-state index contributed by atoms with van der Waals surface area (Å²) < 4.78 is 12.7. The van der Waals surface area contributed by atoms with Crippen molar-refractivity contribution in [2.24, 2.45) is 0 Å². The molecule has 0 aliphatic carbocycles. The molecule has 1 N–H and O–H groups in total. The summed E-state index contributed by atoms with van der Waals surface area (Å²) in [6, 6.07) is 2.36. The molecule has 1 aromatic heterocycles. The number of aromatic carboxylic acids is 1. The maximum atomic E-state index is 12.7. The second-order valence-electron chi connectivity index (χ2n) is 1.93. The molecular weight excluding hydrogens is 163 g/mol. The van der Waals surface area contributed by atoms with Crippen LogP contribution < -0.4 is 0 Å². The third-order valence-electron chi connectivity index (χ3n) is 1.21. The number of carboxylic acid groups (broad SMARTS) is 1. The third kappa shape index (κ3) is 1.22. The van der Waals surface area contributed by atoms with Crippen molar-refractivity contribution in [1.82, 2.24) is 4.98 Å². The molecule has 5 heteroatoms. The molecule has 0 radical (unpaired) electrons. The van der Waals surface area contributed by atoms with E-state index in [1.54, 1.807) is 0 Å². The van der Waals surface area contributed by atoms with E-state index in [0.29, 0.717) is 0 Å². The lowest BCUT2D eigenvalue weighted by Gasteiger charge is -1.96. The number of halogens is 1. The zero-order chi connectivity index (χ0) is 9.14. The van der Waals surface area contributed by atoms with Gasteiger partial charge in [0.1, 0.15) is 17.4 Å². The fourth-order valence-corrected chi connectivity index (χ4v) is 0.707. The minimum Gasteiger partial charge on any atom is -0.476 e. The second kappa shape index (κ2) is 2.96. The Bertz CT molecular complexity index is 370. The van der Waals surface area contributed by atoms with Gasteiger partial charge in [0.05, 0.1) is 0 Å². The molecule has 0 atom stereocenters. The number of carbonyl (C=O) groups is 1. The maximum absolute atomic E-state index is 12.7. The number of hydrogen-bond donors (Lipinski definition) is 1. The van der Waals surface area contributed by atoms with Crippen LogP contribution >= 0.6 is 0 Å². The van der Waals surface area contributed by atoms with Gasteiger partial charge in [0, 0.05) is 6.20 Å². The van der Waals surface area contributed by atoms with E-state index in [9.17, 15) is 9.18 Å². The van der Waals surface area contributed by atoms with Gasteiger partial charge in [-0.05, 0) is 6.07 Å². The summed E-state index contributed by atoms with van der Waals surface area (Å²) in [5, 5.41) is 16.8. The van der Waals surface area contributed by atoms with E-state index in [1.807, 2.05) is 0 Å². The molecule has 60 valence electrons. The van der Waals surface area contributed by atoms with Crippen LogP contribution in [0, 0.1) is 17.1 Å². The van der Waals surface area contributed by atoms with Crippen LogP contribution in [0.3, 0.4) is 0 Å². The predicted molar refractivity (Wildman–Crippen MR) is 35.9 cm³/mol. The summed E-state index contributed by atoms with van der Waals surface area (Å²) in [6.07, 6.45) is 1.000. The van der Waals surface area contributed by atoms with Crippen molar-refractivity contribution in [3.05, 3.63) is 29.3 Å².